The van der Waals surface area contributed by atoms with E-state index >= 15 is 0 Å². The van der Waals surface area contributed by atoms with Gasteiger partial charge in [-0.1, -0.05) is 279 Å². The molecule has 0 aliphatic carbocycles. The van der Waals surface area contributed by atoms with Crippen LogP contribution in [-0.2, 0) is 65.4 Å². The first-order chi connectivity index (χ1) is 49.7. The summed E-state index contributed by atoms with van der Waals surface area (Å²) >= 11 is 0. The van der Waals surface area contributed by atoms with Crippen LogP contribution in [0.3, 0.4) is 0 Å². The Hall–Kier alpha value is -4.02. The van der Waals surface area contributed by atoms with E-state index in [-0.39, 0.29) is 25.7 Å². The first kappa shape index (κ1) is 98.0. The number of aliphatic hydroxyl groups is 1. The standard InChI is InChI=1S/C83H146O17P2/c1-5-9-13-17-21-25-29-33-36-37-38-39-42-46-50-54-58-62-66-70-83(88)100-79(74-94-81(86)68-64-60-56-52-48-44-40-34-30-26-22-18-14-10-6-2)76-98-102(91,92)96-72-77(84)71-95-101(89,90)97-75-78(73-93-80(85)67-63-59-55-51-47-43-32-28-24-20-16-12-8-4)99-82(87)69-65-61-57-53-49-45-41-35-31-27-23-19-15-11-7-3/h21,25,28,32-36,38-41,46,50,58,62,77-79,84H,5-20,22-24,26-27,29-31,37,42-45,47-49,51-57,59-61,63-76H2,1-4H3,(H,89,90)(H,91,92)/b25-21-,32-28-,36-33-,39-38-,40-34-,41-35-,50-46-,62-58-/t77-,78+,79+/m0/s1. The summed E-state index contributed by atoms with van der Waals surface area (Å²) in [5, 5.41) is 10.6. The average Bonchev–Trinajstić information content (AvgIpc) is 1.21. The van der Waals surface area contributed by atoms with Crippen molar-refractivity contribution in [2.45, 2.75) is 367 Å². The minimum atomic E-state index is -5.00. The molecule has 0 saturated carbocycles. The van der Waals surface area contributed by atoms with E-state index in [9.17, 15) is 43.2 Å². The minimum Gasteiger partial charge on any atom is -0.462 e. The van der Waals surface area contributed by atoms with Crippen molar-refractivity contribution >= 4 is 39.5 Å². The maximum atomic E-state index is 13.1. The molecule has 0 aliphatic rings. The van der Waals surface area contributed by atoms with Crippen LogP contribution in [-0.4, -0.2) is 96.7 Å². The zero-order valence-corrected chi connectivity index (χ0v) is 66.3. The van der Waals surface area contributed by atoms with Crippen LogP contribution in [0.4, 0.5) is 0 Å². The van der Waals surface area contributed by atoms with Crippen LogP contribution in [0.2, 0.25) is 0 Å². The maximum absolute atomic E-state index is 13.1. The van der Waals surface area contributed by atoms with Crippen molar-refractivity contribution in [3.63, 3.8) is 0 Å². The van der Waals surface area contributed by atoms with E-state index in [4.69, 9.17) is 37.0 Å². The number of hydrogen-bond donors (Lipinski definition) is 3. The molecule has 0 radical (unpaired) electrons. The maximum Gasteiger partial charge on any atom is 0.472 e. The summed E-state index contributed by atoms with van der Waals surface area (Å²) < 4.78 is 68.5. The fourth-order valence-electron chi connectivity index (χ4n) is 10.8. The van der Waals surface area contributed by atoms with Crippen LogP contribution < -0.4 is 0 Å². The summed E-state index contributed by atoms with van der Waals surface area (Å²) in [4.78, 5) is 73.0. The van der Waals surface area contributed by atoms with E-state index in [0.717, 1.165) is 141 Å². The highest BCUT2D eigenvalue weighted by Crippen LogP contribution is 2.45. The number of phosphoric acid groups is 2. The van der Waals surface area contributed by atoms with Gasteiger partial charge in [-0.25, -0.2) is 9.13 Å². The van der Waals surface area contributed by atoms with Gasteiger partial charge in [-0.3, -0.25) is 37.3 Å². The van der Waals surface area contributed by atoms with Gasteiger partial charge in [0.05, 0.1) is 26.4 Å². The Morgan fingerprint density at radius 1 is 0.275 bits per heavy atom. The third kappa shape index (κ3) is 74.3. The number of rotatable bonds is 76. The molecule has 0 bridgehead atoms. The van der Waals surface area contributed by atoms with Crippen molar-refractivity contribution < 1.29 is 80.2 Å². The molecule has 0 fully saturated rings. The Bertz CT molecular complexity index is 2310. The van der Waals surface area contributed by atoms with Crippen LogP contribution in [0.1, 0.15) is 349 Å². The lowest BCUT2D eigenvalue weighted by Crippen LogP contribution is -2.30. The van der Waals surface area contributed by atoms with Gasteiger partial charge in [-0.2, -0.15) is 0 Å². The van der Waals surface area contributed by atoms with Crippen molar-refractivity contribution in [2.75, 3.05) is 39.6 Å². The van der Waals surface area contributed by atoms with Crippen molar-refractivity contribution in [3.8, 4) is 0 Å². The summed E-state index contributed by atoms with van der Waals surface area (Å²) in [6, 6.07) is 0. The molecule has 0 aliphatic heterocycles. The smallest absolute Gasteiger partial charge is 0.462 e. The van der Waals surface area contributed by atoms with E-state index in [1.54, 1.807) is 0 Å². The third-order valence-electron chi connectivity index (χ3n) is 17.0. The lowest BCUT2D eigenvalue weighted by Gasteiger charge is -2.21. The normalized spacial score (nSPS) is 14.4. The summed E-state index contributed by atoms with van der Waals surface area (Å²) in [6.07, 6.45) is 79.7. The van der Waals surface area contributed by atoms with Crippen LogP contribution in [0.25, 0.3) is 0 Å². The van der Waals surface area contributed by atoms with Gasteiger partial charge in [0.2, 0.25) is 0 Å². The highest BCUT2D eigenvalue weighted by atomic mass is 31.2. The van der Waals surface area contributed by atoms with Crippen LogP contribution in [0.5, 0.6) is 0 Å². The predicted octanol–water partition coefficient (Wildman–Crippen LogP) is 23.6. The summed E-state index contributed by atoms with van der Waals surface area (Å²) in [6.45, 7) is 4.75. The number of carbonyl (C=O) groups excluding carboxylic acids is 4. The van der Waals surface area contributed by atoms with Crippen LogP contribution in [0.15, 0.2) is 97.2 Å². The number of hydrogen-bond acceptors (Lipinski definition) is 15. The van der Waals surface area contributed by atoms with Gasteiger partial charge in [-0.15, -0.1) is 0 Å². The minimum absolute atomic E-state index is 0.0297. The Kier molecular flexibility index (Phi) is 72.3. The topological polar surface area (TPSA) is 237 Å². The lowest BCUT2D eigenvalue weighted by atomic mass is 10.1. The molecule has 0 aromatic carbocycles. The van der Waals surface area contributed by atoms with Gasteiger partial charge >= 0.3 is 39.5 Å². The van der Waals surface area contributed by atoms with Crippen molar-refractivity contribution in [2.24, 2.45) is 0 Å². The monoisotopic (exact) mass is 1480 g/mol. The molecule has 17 nitrogen and oxygen atoms in total. The SMILES string of the molecule is CCCCC/C=C\C/C=C\C/C=C\C/C=C\C/C=C\CCC(=O)O[C@H](COC(=O)CCCCCCC/C=C\CCCCCCCC)COP(=O)(O)OC[C@@H](O)COP(=O)(O)OC[C@@H](COC(=O)CCCCCCC/C=C\CCCCCC)OC(=O)CCCCCCC/C=C\CCCCCCCC. The number of aliphatic hydroxyl groups excluding tert-OH is 1. The van der Waals surface area contributed by atoms with Crippen LogP contribution in [0, 0.1) is 0 Å². The molecule has 102 heavy (non-hydrogen) atoms. The average molecular weight is 1480 g/mol. The fraction of sp³-hybridized carbons (Fsp3) is 0.759. The molecule has 3 N–H and O–H groups in total. The molecular formula is C83H146O17P2. The Balaban J connectivity index is 5.43. The Morgan fingerprint density at radius 3 is 0.833 bits per heavy atom. The largest absolute Gasteiger partial charge is 0.472 e. The summed E-state index contributed by atoms with van der Waals surface area (Å²) in [5.74, 6) is -2.28. The van der Waals surface area contributed by atoms with Crippen LogP contribution >= 0.6 is 15.6 Å². The molecular weight excluding hydrogens is 1330 g/mol. The first-order valence-corrected chi connectivity index (χ1v) is 43.5. The van der Waals surface area contributed by atoms with E-state index < -0.39 is 97.5 Å². The second kappa shape index (κ2) is 75.2. The molecule has 5 atom stereocenters. The number of esters is 4. The summed E-state index contributed by atoms with van der Waals surface area (Å²) in [5.41, 5.74) is 0. The molecule has 0 aromatic heterocycles. The summed E-state index contributed by atoms with van der Waals surface area (Å²) in [7, 11) is -9.98. The van der Waals surface area contributed by atoms with E-state index in [2.05, 4.69) is 107 Å². The molecule has 19 heteroatoms. The molecule has 0 saturated heterocycles. The van der Waals surface area contributed by atoms with Gasteiger partial charge in [0.1, 0.15) is 19.3 Å². The second-order valence-electron chi connectivity index (χ2n) is 27.0. The molecule has 0 amide bonds. The van der Waals surface area contributed by atoms with Gasteiger partial charge < -0.3 is 33.8 Å². The number of allylic oxidation sites excluding steroid dienone is 16. The van der Waals surface area contributed by atoms with Gasteiger partial charge in [0, 0.05) is 25.7 Å². The van der Waals surface area contributed by atoms with Crippen molar-refractivity contribution in [1.82, 2.24) is 0 Å². The molecule has 590 valence electrons. The Labute approximate surface area is 620 Å². The quantitative estimate of drug-likeness (QED) is 0.0169. The fourth-order valence-corrected chi connectivity index (χ4v) is 12.4. The molecule has 0 spiro atoms. The van der Waals surface area contributed by atoms with E-state index in [1.807, 2.05) is 18.2 Å². The lowest BCUT2D eigenvalue weighted by molar-refractivity contribution is -0.161. The van der Waals surface area contributed by atoms with Crippen molar-refractivity contribution in [3.05, 3.63) is 97.2 Å². The first-order valence-electron chi connectivity index (χ1n) is 40.5. The highest BCUT2D eigenvalue weighted by Gasteiger charge is 2.30. The Morgan fingerprint density at radius 2 is 0.500 bits per heavy atom. The zero-order chi connectivity index (χ0) is 74.6. The number of unbranched alkanes of at least 4 members (excludes halogenated alkanes) is 34. The molecule has 0 rings (SSSR count). The second-order valence-corrected chi connectivity index (χ2v) is 29.9. The van der Waals surface area contributed by atoms with Gasteiger partial charge in [0.15, 0.2) is 12.2 Å². The van der Waals surface area contributed by atoms with E-state index in [0.29, 0.717) is 32.1 Å². The van der Waals surface area contributed by atoms with Crippen molar-refractivity contribution in [1.29, 1.82) is 0 Å². The number of phosphoric ester groups is 2. The zero-order valence-electron chi connectivity index (χ0n) is 64.5. The highest BCUT2D eigenvalue weighted by molar-refractivity contribution is 7.47. The molecule has 0 heterocycles. The number of carbonyl (C=O) groups is 4. The van der Waals surface area contributed by atoms with E-state index in [1.165, 1.54) is 122 Å². The molecule has 0 aromatic rings. The number of ether oxygens (including phenoxy) is 4. The third-order valence-corrected chi connectivity index (χ3v) is 18.9. The molecule has 2 unspecified atom stereocenters. The van der Waals surface area contributed by atoms with Gasteiger partial charge in [-0.05, 0) is 141 Å². The predicted molar refractivity (Wildman–Crippen MR) is 418 cm³/mol. The van der Waals surface area contributed by atoms with Gasteiger partial charge in [0.25, 0.3) is 0 Å².